The molecule has 0 spiro atoms. The van der Waals surface area contributed by atoms with E-state index in [1.165, 1.54) is 21.9 Å². The highest BCUT2D eigenvalue weighted by Crippen LogP contribution is 2.17. The molecule has 0 aromatic carbocycles. The zero-order valence-electron chi connectivity index (χ0n) is 12.5. The second-order valence-corrected chi connectivity index (χ2v) is 4.76. The maximum Gasteiger partial charge on any atom is 0.347 e. The second-order valence-electron chi connectivity index (χ2n) is 4.76. The fraction of sp³-hybridized carbons (Fsp3) is 0.333. The maximum atomic E-state index is 12.4. The molecular formula is C15H18N4O3. The number of likely N-dealkylation sites (N-methyl/N-ethyl adjacent to an activating group) is 1. The number of hydrogen-bond acceptors (Lipinski definition) is 5. The Kier molecular flexibility index (Phi) is 5.37. The Morgan fingerprint density at radius 1 is 1.32 bits per heavy atom. The molecule has 1 amide bonds. The molecule has 0 bridgehead atoms. The van der Waals surface area contributed by atoms with Gasteiger partial charge in [-0.25, -0.2) is 9.78 Å². The molecule has 0 fully saturated rings. The van der Waals surface area contributed by atoms with Crippen molar-refractivity contribution in [3.63, 3.8) is 0 Å². The first-order valence-electron chi connectivity index (χ1n) is 6.80. The van der Waals surface area contributed by atoms with Crippen LogP contribution in [-0.2, 0) is 16.1 Å². The van der Waals surface area contributed by atoms with Crippen molar-refractivity contribution in [1.82, 2.24) is 19.4 Å². The number of pyridine rings is 1. The Labute approximate surface area is 128 Å². The van der Waals surface area contributed by atoms with E-state index in [9.17, 15) is 9.59 Å². The maximum absolute atomic E-state index is 12.4. The summed E-state index contributed by atoms with van der Waals surface area (Å²) in [5.41, 5.74) is 0.282. The van der Waals surface area contributed by atoms with Gasteiger partial charge in [-0.3, -0.25) is 14.3 Å². The van der Waals surface area contributed by atoms with Gasteiger partial charge in [0.2, 0.25) is 5.91 Å². The molecule has 0 N–H and O–H groups in total. The normalized spacial score (nSPS) is 11.9. The summed E-state index contributed by atoms with van der Waals surface area (Å²) in [6.45, 7) is 0.247. The molecule has 0 unspecified atom stereocenters. The summed E-state index contributed by atoms with van der Waals surface area (Å²) in [4.78, 5) is 33.4. The fourth-order valence-electron chi connectivity index (χ4n) is 2.07. The third-order valence-corrected chi connectivity index (χ3v) is 3.30. The summed E-state index contributed by atoms with van der Waals surface area (Å²) in [5, 5.41) is 0. The zero-order chi connectivity index (χ0) is 15.9. The molecule has 1 atom stereocenters. The number of methoxy groups -OCH3 is 1. The van der Waals surface area contributed by atoms with Gasteiger partial charge in [0.25, 0.3) is 0 Å². The summed E-state index contributed by atoms with van der Waals surface area (Å²) >= 11 is 0. The lowest BCUT2D eigenvalue weighted by Gasteiger charge is -2.27. The molecule has 2 rings (SSSR count). The molecule has 0 aliphatic carbocycles. The summed E-state index contributed by atoms with van der Waals surface area (Å²) in [6, 6.07) is 6.80. The Balaban J connectivity index is 2.16. The average molecular weight is 302 g/mol. The van der Waals surface area contributed by atoms with Crippen LogP contribution in [0.3, 0.4) is 0 Å². The van der Waals surface area contributed by atoms with Crippen LogP contribution in [0.2, 0.25) is 0 Å². The molecule has 0 aliphatic heterocycles. The number of carbonyl (C=O) groups excluding carboxylic acids is 1. The molecule has 22 heavy (non-hydrogen) atoms. The van der Waals surface area contributed by atoms with E-state index < -0.39 is 5.69 Å². The van der Waals surface area contributed by atoms with Crippen molar-refractivity contribution in [2.45, 2.75) is 12.6 Å². The van der Waals surface area contributed by atoms with Gasteiger partial charge in [-0.15, -0.1) is 0 Å². The van der Waals surface area contributed by atoms with E-state index in [0.717, 1.165) is 5.69 Å². The quantitative estimate of drug-likeness (QED) is 0.776. The molecule has 0 saturated heterocycles. The number of nitrogens with zero attached hydrogens (tertiary/aromatic N) is 4. The van der Waals surface area contributed by atoms with E-state index in [-0.39, 0.29) is 18.5 Å². The predicted molar refractivity (Wildman–Crippen MR) is 80.1 cm³/mol. The number of amides is 1. The van der Waals surface area contributed by atoms with Gasteiger partial charge in [0.05, 0.1) is 18.3 Å². The van der Waals surface area contributed by atoms with Crippen LogP contribution >= 0.6 is 0 Å². The minimum Gasteiger partial charge on any atom is -0.382 e. The summed E-state index contributed by atoms with van der Waals surface area (Å²) < 4.78 is 6.45. The largest absolute Gasteiger partial charge is 0.382 e. The Bertz CT molecular complexity index is 672. The lowest BCUT2D eigenvalue weighted by Crippen LogP contribution is -2.38. The van der Waals surface area contributed by atoms with Gasteiger partial charge in [0.15, 0.2) is 0 Å². The number of aromatic nitrogens is 3. The van der Waals surface area contributed by atoms with Gasteiger partial charge in [-0.2, -0.15) is 0 Å². The van der Waals surface area contributed by atoms with Crippen LogP contribution in [0.5, 0.6) is 0 Å². The highest BCUT2D eigenvalue weighted by atomic mass is 16.5. The molecule has 7 nitrogen and oxygen atoms in total. The van der Waals surface area contributed by atoms with Crippen LogP contribution in [0.4, 0.5) is 0 Å². The number of carbonyl (C=O) groups is 1. The van der Waals surface area contributed by atoms with Gasteiger partial charge in [0.1, 0.15) is 6.54 Å². The topological polar surface area (TPSA) is 77.3 Å². The van der Waals surface area contributed by atoms with Crippen molar-refractivity contribution >= 4 is 5.91 Å². The fourth-order valence-corrected chi connectivity index (χ4v) is 2.07. The van der Waals surface area contributed by atoms with Crippen molar-refractivity contribution in [3.05, 3.63) is 59.0 Å². The molecule has 2 heterocycles. The molecule has 2 aromatic heterocycles. The molecule has 2 aromatic rings. The van der Waals surface area contributed by atoms with E-state index in [4.69, 9.17) is 4.74 Å². The lowest BCUT2D eigenvalue weighted by atomic mass is 10.1. The number of hydrogen-bond donors (Lipinski definition) is 0. The van der Waals surface area contributed by atoms with Crippen molar-refractivity contribution in [2.75, 3.05) is 20.8 Å². The average Bonchev–Trinajstić information content (AvgIpc) is 2.55. The van der Waals surface area contributed by atoms with Crippen LogP contribution < -0.4 is 5.69 Å². The smallest absolute Gasteiger partial charge is 0.347 e. The van der Waals surface area contributed by atoms with Crippen LogP contribution in [0.1, 0.15) is 11.7 Å². The minimum atomic E-state index is -0.453. The molecule has 7 heteroatoms. The van der Waals surface area contributed by atoms with Crippen molar-refractivity contribution in [3.8, 4) is 0 Å². The van der Waals surface area contributed by atoms with Gasteiger partial charge >= 0.3 is 5.69 Å². The third-order valence-electron chi connectivity index (χ3n) is 3.30. The Morgan fingerprint density at radius 2 is 2.09 bits per heavy atom. The zero-order valence-corrected chi connectivity index (χ0v) is 12.5. The van der Waals surface area contributed by atoms with Crippen LogP contribution in [0.15, 0.2) is 47.7 Å². The van der Waals surface area contributed by atoms with Crippen molar-refractivity contribution < 1.29 is 9.53 Å². The van der Waals surface area contributed by atoms with Crippen LogP contribution in [0, 0.1) is 0 Å². The monoisotopic (exact) mass is 302 g/mol. The SMILES string of the molecule is COC[C@@H](c1ccccn1)N(C)C(=O)Cn1cccnc1=O. The van der Waals surface area contributed by atoms with Gasteiger partial charge in [-0.05, 0) is 18.2 Å². The summed E-state index contributed by atoms with van der Waals surface area (Å²) in [7, 11) is 3.24. The Hall–Kier alpha value is -2.54. The highest BCUT2D eigenvalue weighted by molar-refractivity contribution is 5.76. The predicted octanol–water partition coefficient (Wildman–Crippen LogP) is 0.484. The van der Waals surface area contributed by atoms with E-state index in [1.807, 2.05) is 18.2 Å². The lowest BCUT2D eigenvalue weighted by molar-refractivity contribution is -0.134. The third kappa shape index (κ3) is 3.76. The van der Waals surface area contributed by atoms with Gasteiger partial charge < -0.3 is 9.64 Å². The standard InChI is InChI=1S/C15H18N4O3/c1-18(13(11-22-2)12-6-3-4-7-16-12)14(20)10-19-9-5-8-17-15(19)21/h3-9,13H,10-11H2,1-2H3/t13-/m0/s1. The van der Waals surface area contributed by atoms with E-state index in [2.05, 4.69) is 9.97 Å². The summed E-state index contributed by atoms with van der Waals surface area (Å²) in [6.07, 6.45) is 4.60. The van der Waals surface area contributed by atoms with E-state index in [1.54, 1.807) is 26.4 Å². The van der Waals surface area contributed by atoms with Crippen LogP contribution in [0.25, 0.3) is 0 Å². The summed E-state index contributed by atoms with van der Waals surface area (Å²) in [5.74, 6) is -0.220. The van der Waals surface area contributed by atoms with E-state index in [0.29, 0.717) is 6.61 Å². The second kappa shape index (κ2) is 7.46. The van der Waals surface area contributed by atoms with Crippen molar-refractivity contribution in [1.29, 1.82) is 0 Å². The first-order chi connectivity index (χ1) is 10.6. The molecule has 0 radical (unpaired) electrons. The minimum absolute atomic E-state index is 0.0732. The molecule has 0 saturated carbocycles. The first kappa shape index (κ1) is 15.8. The number of ether oxygens (including phenoxy) is 1. The number of rotatable bonds is 6. The first-order valence-corrected chi connectivity index (χ1v) is 6.80. The molecule has 0 aliphatic rings. The molecular weight excluding hydrogens is 284 g/mol. The van der Waals surface area contributed by atoms with Gasteiger partial charge in [-0.1, -0.05) is 6.07 Å². The highest BCUT2D eigenvalue weighted by Gasteiger charge is 2.23. The van der Waals surface area contributed by atoms with E-state index >= 15 is 0 Å². The van der Waals surface area contributed by atoms with Gasteiger partial charge in [0, 0.05) is 32.7 Å². The molecule has 116 valence electrons. The Morgan fingerprint density at radius 3 is 2.73 bits per heavy atom. The van der Waals surface area contributed by atoms with Crippen molar-refractivity contribution in [2.24, 2.45) is 0 Å². The van der Waals surface area contributed by atoms with Crippen LogP contribution in [-0.4, -0.2) is 46.1 Å².